The number of amides is 1. The van der Waals surface area contributed by atoms with Crippen molar-refractivity contribution in [1.29, 1.82) is 0 Å². The molecule has 0 spiro atoms. The maximum Gasteiger partial charge on any atom is 0.257 e. The van der Waals surface area contributed by atoms with E-state index in [1.807, 2.05) is 0 Å². The summed E-state index contributed by atoms with van der Waals surface area (Å²) < 4.78 is 27.4. The van der Waals surface area contributed by atoms with Gasteiger partial charge in [-0.2, -0.15) is 4.31 Å². The van der Waals surface area contributed by atoms with Crippen molar-refractivity contribution in [3.05, 3.63) is 58.6 Å². The second-order valence-electron chi connectivity index (χ2n) is 6.05. The van der Waals surface area contributed by atoms with Crippen LogP contribution >= 0.6 is 28.1 Å². The van der Waals surface area contributed by atoms with Crippen molar-refractivity contribution in [2.45, 2.75) is 17.7 Å². The molecule has 1 heterocycles. The van der Waals surface area contributed by atoms with Gasteiger partial charge in [0.2, 0.25) is 10.0 Å². The van der Waals surface area contributed by atoms with Crippen molar-refractivity contribution in [3.63, 3.8) is 0 Å². The summed E-state index contributed by atoms with van der Waals surface area (Å²) in [6, 6.07) is 13.2. The lowest BCUT2D eigenvalue weighted by Crippen LogP contribution is -2.34. The summed E-state index contributed by atoms with van der Waals surface area (Å²) in [5.41, 5.74) is 1.07. The van der Waals surface area contributed by atoms with E-state index in [9.17, 15) is 13.2 Å². The number of rotatable bonds is 4. The molecule has 0 aliphatic carbocycles. The van der Waals surface area contributed by atoms with Gasteiger partial charge in [0.25, 0.3) is 5.91 Å². The molecule has 2 aromatic rings. The Hall–Kier alpha value is -1.81. The maximum absolute atomic E-state index is 12.5. The molecule has 1 saturated heterocycles. The molecular weight excluding hydrogens is 450 g/mol. The van der Waals surface area contributed by atoms with Crippen LogP contribution in [0, 0.1) is 0 Å². The van der Waals surface area contributed by atoms with E-state index < -0.39 is 10.0 Å². The lowest BCUT2D eigenvalue weighted by Gasteiger charge is -2.16. The fourth-order valence-corrected chi connectivity index (χ4v) is 4.72. The van der Waals surface area contributed by atoms with Gasteiger partial charge in [-0.25, -0.2) is 8.42 Å². The van der Waals surface area contributed by atoms with Gasteiger partial charge in [-0.05, 0) is 73.6 Å². The van der Waals surface area contributed by atoms with E-state index in [4.69, 9.17) is 12.2 Å². The summed E-state index contributed by atoms with van der Waals surface area (Å²) in [4.78, 5) is 12.4. The molecule has 0 unspecified atom stereocenters. The standard InChI is InChI=1S/C18H18BrN3O3S2/c19-14-5-3-13(4-6-14)17(23)21-18(26)20-15-7-9-16(10-8-15)27(24,25)22-11-1-2-12-22/h3-10H,1-2,11-12H2,(H2,20,21,23,26). The van der Waals surface area contributed by atoms with Gasteiger partial charge in [0.15, 0.2) is 5.11 Å². The fraction of sp³-hybridized carbons (Fsp3) is 0.222. The van der Waals surface area contributed by atoms with Crippen molar-refractivity contribution in [2.24, 2.45) is 0 Å². The van der Waals surface area contributed by atoms with Crippen LogP contribution in [0.2, 0.25) is 0 Å². The number of sulfonamides is 1. The van der Waals surface area contributed by atoms with Crippen molar-refractivity contribution in [3.8, 4) is 0 Å². The molecular formula is C18H18BrN3O3S2. The third-order valence-electron chi connectivity index (χ3n) is 4.15. The lowest BCUT2D eigenvalue weighted by molar-refractivity contribution is 0.0977. The van der Waals surface area contributed by atoms with Crippen LogP contribution in [0.1, 0.15) is 23.2 Å². The smallest absolute Gasteiger partial charge is 0.257 e. The summed E-state index contributed by atoms with van der Waals surface area (Å²) >= 11 is 8.47. The molecule has 0 bridgehead atoms. The maximum atomic E-state index is 12.5. The highest BCUT2D eigenvalue weighted by atomic mass is 79.9. The Morgan fingerprint density at radius 2 is 1.59 bits per heavy atom. The van der Waals surface area contributed by atoms with E-state index >= 15 is 0 Å². The van der Waals surface area contributed by atoms with Crippen LogP contribution in [-0.4, -0.2) is 36.8 Å². The minimum atomic E-state index is -3.44. The minimum absolute atomic E-state index is 0.137. The van der Waals surface area contributed by atoms with Crippen molar-refractivity contribution in [2.75, 3.05) is 18.4 Å². The Labute approximate surface area is 172 Å². The number of nitrogens with one attached hydrogen (secondary N) is 2. The number of hydrogen-bond acceptors (Lipinski definition) is 4. The minimum Gasteiger partial charge on any atom is -0.332 e. The SMILES string of the molecule is O=C(NC(=S)Nc1ccc(S(=O)(=O)N2CCCC2)cc1)c1ccc(Br)cc1. The second kappa shape index (κ2) is 8.47. The zero-order chi connectivity index (χ0) is 19.4. The van der Waals surface area contributed by atoms with Gasteiger partial charge in [0, 0.05) is 28.8 Å². The number of halogens is 1. The zero-order valence-electron chi connectivity index (χ0n) is 14.3. The fourth-order valence-electron chi connectivity index (χ4n) is 2.73. The Bertz CT molecular complexity index is 939. The first kappa shape index (κ1) is 19.9. The Kier molecular flexibility index (Phi) is 6.25. The molecule has 0 radical (unpaired) electrons. The average Bonchev–Trinajstić information content (AvgIpc) is 3.18. The predicted octanol–water partition coefficient (Wildman–Crippen LogP) is 3.36. The summed E-state index contributed by atoms with van der Waals surface area (Å²) in [6.45, 7) is 1.13. The van der Waals surface area contributed by atoms with Gasteiger partial charge in [-0.15, -0.1) is 0 Å². The number of carbonyl (C=O) groups excluding carboxylic acids is 1. The first-order chi connectivity index (χ1) is 12.9. The lowest BCUT2D eigenvalue weighted by atomic mass is 10.2. The average molecular weight is 468 g/mol. The number of nitrogens with zero attached hydrogens (tertiary/aromatic N) is 1. The molecule has 0 aromatic heterocycles. The summed E-state index contributed by atoms with van der Waals surface area (Å²) in [5.74, 6) is -0.326. The van der Waals surface area contributed by atoms with E-state index in [0.717, 1.165) is 17.3 Å². The van der Waals surface area contributed by atoms with Crippen LogP contribution in [-0.2, 0) is 10.0 Å². The van der Waals surface area contributed by atoms with Gasteiger partial charge >= 0.3 is 0 Å². The van der Waals surface area contributed by atoms with Gasteiger partial charge in [-0.1, -0.05) is 15.9 Å². The topological polar surface area (TPSA) is 78.5 Å². The molecule has 1 aliphatic rings. The Morgan fingerprint density at radius 1 is 1.00 bits per heavy atom. The van der Waals surface area contributed by atoms with Crippen LogP contribution in [0.5, 0.6) is 0 Å². The van der Waals surface area contributed by atoms with E-state index in [1.54, 1.807) is 36.4 Å². The van der Waals surface area contributed by atoms with Gasteiger partial charge in [-0.3, -0.25) is 10.1 Å². The number of carbonyl (C=O) groups is 1. The van der Waals surface area contributed by atoms with Crippen molar-refractivity contribution in [1.82, 2.24) is 9.62 Å². The normalized spacial score (nSPS) is 14.7. The molecule has 9 heteroatoms. The molecule has 0 atom stereocenters. The Morgan fingerprint density at radius 3 is 2.19 bits per heavy atom. The highest BCUT2D eigenvalue weighted by Gasteiger charge is 2.26. The van der Waals surface area contributed by atoms with Gasteiger partial charge in [0.1, 0.15) is 0 Å². The molecule has 2 aromatic carbocycles. The first-order valence-electron chi connectivity index (χ1n) is 8.34. The molecule has 2 N–H and O–H groups in total. The quantitative estimate of drug-likeness (QED) is 0.673. The molecule has 3 rings (SSSR count). The largest absolute Gasteiger partial charge is 0.332 e. The first-order valence-corrected chi connectivity index (χ1v) is 11.0. The molecule has 1 amide bonds. The number of hydrogen-bond donors (Lipinski definition) is 2. The second-order valence-corrected chi connectivity index (χ2v) is 9.31. The van der Waals surface area contributed by atoms with Crippen molar-refractivity contribution < 1.29 is 13.2 Å². The van der Waals surface area contributed by atoms with Crippen molar-refractivity contribution >= 4 is 54.9 Å². The van der Waals surface area contributed by atoms with Gasteiger partial charge in [0.05, 0.1) is 4.90 Å². The molecule has 0 saturated carbocycles. The van der Waals surface area contributed by atoms with Crippen LogP contribution in [0.3, 0.4) is 0 Å². The molecule has 1 fully saturated rings. The van der Waals surface area contributed by atoms with Crippen LogP contribution < -0.4 is 10.6 Å². The molecule has 27 heavy (non-hydrogen) atoms. The molecule has 142 valence electrons. The molecule has 1 aliphatic heterocycles. The van der Waals surface area contributed by atoms with E-state index in [0.29, 0.717) is 24.3 Å². The monoisotopic (exact) mass is 467 g/mol. The van der Waals surface area contributed by atoms with Crippen LogP contribution in [0.15, 0.2) is 57.9 Å². The van der Waals surface area contributed by atoms with Gasteiger partial charge < -0.3 is 5.32 Å². The van der Waals surface area contributed by atoms with Crippen LogP contribution in [0.25, 0.3) is 0 Å². The summed E-state index contributed by atoms with van der Waals surface area (Å²) in [7, 11) is -3.44. The zero-order valence-corrected chi connectivity index (χ0v) is 17.5. The highest BCUT2D eigenvalue weighted by Crippen LogP contribution is 2.22. The number of thiocarbonyl (C=S) groups is 1. The van der Waals surface area contributed by atoms with Crippen LogP contribution in [0.4, 0.5) is 5.69 Å². The third-order valence-corrected chi connectivity index (χ3v) is 6.79. The predicted molar refractivity (Wildman–Crippen MR) is 112 cm³/mol. The Balaban J connectivity index is 1.61. The summed E-state index contributed by atoms with van der Waals surface area (Å²) in [6.07, 6.45) is 1.79. The third kappa shape index (κ3) is 4.92. The molecule has 6 nitrogen and oxygen atoms in total. The van der Waals surface area contributed by atoms with E-state index in [-0.39, 0.29) is 15.9 Å². The number of benzene rings is 2. The summed E-state index contributed by atoms with van der Waals surface area (Å²) in [5, 5.41) is 5.61. The van der Waals surface area contributed by atoms with E-state index in [1.165, 1.54) is 16.4 Å². The highest BCUT2D eigenvalue weighted by molar-refractivity contribution is 9.10. The van der Waals surface area contributed by atoms with E-state index in [2.05, 4.69) is 26.6 Å². The number of anilines is 1.